The lowest BCUT2D eigenvalue weighted by atomic mass is 10.1. The van der Waals surface area contributed by atoms with Crippen molar-refractivity contribution in [2.75, 3.05) is 0 Å². The van der Waals surface area contributed by atoms with E-state index in [1.54, 1.807) is 36.9 Å². The molecule has 2 aromatic rings. The van der Waals surface area contributed by atoms with Crippen LogP contribution in [0.4, 0.5) is 0 Å². The second kappa shape index (κ2) is 6.47. The van der Waals surface area contributed by atoms with Crippen molar-refractivity contribution >= 4 is 0 Å². The van der Waals surface area contributed by atoms with Crippen molar-refractivity contribution in [2.24, 2.45) is 0 Å². The van der Waals surface area contributed by atoms with Crippen LogP contribution in [0.3, 0.4) is 0 Å². The fourth-order valence-corrected chi connectivity index (χ4v) is 1.44. The van der Waals surface area contributed by atoms with Crippen LogP contribution in [-0.2, 0) is 0 Å². The molecule has 0 aromatic carbocycles. The Bertz CT molecular complexity index is 767. The predicted octanol–water partition coefficient (Wildman–Crippen LogP) is 1.84. The van der Waals surface area contributed by atoms with Gasteiger partial charge in [-0.1, -0.05) is 17.8 Å². The van der Waals surface area contributed by atoms with E-state index < -0.39 is 0 Å². The third-order valence-corrected chi connectivity index (χ3v) is 2.41. The molecule has 0 aliphatic rings. The van der Waals surface area contributed by atoms with Crippen molar-refractivity contribution in [1.82, 2.24) is 9.97 Å². The van der Waals surface area contributed by atoms with E-state index in [2.05, 4.69) is 45.5 Å². The van der Waals surface area contributed by atoms with Gasteiger partial charge in [0.25, 0.3) is 0 Å². The Balaban J connectivity index is 2.28. The number of nitrogens with zero attached hydrogens (tertiary/aromatic N) is 2. The van der Waals surface area contributed by atoms with E-state index in [-0.39, 0.29) is 0 Å². The summed E-state index contributed by atoms with van der Waals surface area (Å²) in [5.41, 5.74) is 2.74. The third-order valence-electron chi connectivity index (χ3n) is 2.41. The molecule has 90 valence electrons. The van der Waals surface area contributed by atoms with Gasteiger partial charge in [-0.15, -0.1) is 12.8 Å². The Hall–Kier alpha value is -3.46. The quantitative estimate of drug-likeness (QED) is 0.669. The van der Waals surface area contributed by atoms with Crippen LogP contribution >= 0.6 is 0 Å². The zero-order chi connectivity index (χ0) is 14.2. The maximum atomic E-state index is 5.37. The van der Waals surface area contributed by atoms with Gasteiger partial charge in [0.2, 0.25) is 0 Å². The summed E-state index contributed by atoms with van der Waals surface area (Å²) in [6, 6.07) is 3.48. The molecule has 20 heavy (non-hydrogen) atoms. The van der Waals surface area contributed by atoms with Gasteiger partial charge < -0.3 is 0 Å². The molecule has 2 rings (SSSR count). The van der Waals surface area contributed by atoms with Crippen molar-refractivity contribution < 1.29 is 0 Å². The Morgan fingerprint density at radius 2 is 1.25 bits per heavy atom. The van der Waals surface area contributed by atoms with Gasteiger partial charge in [-0.05, 0) is 29.9 Å². The molecule has 0 bridgehead atoms. The van der Waals surface area contributed by atoms with E-state index in [4.69, 9.17) is 12.8 Å². The molecule has 0 aliphatic carbocycles. The minimum Gasteiger partial charge on any atom is -0.263 e. The van der Waals surface area contributed by atoms with E-state index in [0.717, 1.165) is 5.56 Å². The molecule has 0 fully saturated rings. The molecule has 0 saturated heterocycles. The number of hydrogen-bond donors (Lipinski definition) is 0. The maximum absolute atomic E-state index is 5.37. The molecular formula is C18H8N2. The van der Waals surface area contributed by atoms with Crippen LogP contribution in [-0.4, -0.2) is 9.97 Å². The molecule has 2 heteroatoms. The minimum absolute atomic E-state index is 0.646. The van der Waals surface area contributed by atoms with Crippen LogP contribution < -0.4 is 0 Å². The summed E-state index contributed by atoms with van der Waals surface area (Å²) in [6.07, 6.45) is 17.2. The fraction of sp³-hybridized carbons (Fsp3) is 0. The molecule has 0 spiro atoms. The Morgan fingerprint density at radius 1 is 0.700 bits per heavy atom. The van der Waals surface area contributed by atoms with Crippen LogP contribution in [0.1, 0.15) is 22.3 Å². The first-order valence-corrected chi connectivity index (χ1v) is 5.68. The third kappa shape index (κ3) is 3.05. The molecule has 0 aliphatic heterocycles. The van der Waals surface area contributed by atoms with Gasteiger partial charge in [0, 0.05) is 35.9 Å². The first-order valence-electron chi connectivity index (χ1n) is 5.68. The Labute approximate surface area is 118 Å². The van der Waals surface area contributed by atoms with E-state index in [1.165, 1.54) is 0 Å². The summed E-state index contributed by atoms with van der Waals surface area (Å²) in [5, 5.41) is 0. The van der Waals surface area contributed by atoms with Crippen molar-refractivity contribution in [1.29, 1.82) is 0 Å². The van der Waals surface area contributed by atoms with Crippen molar-refractivity contribution in [2.45, 2.75) is 0 Å². The highest BCUT2D eigenvalue weighted by Crippen LogP contribution is 2.03. The Morgan fingerprint density at radius 3 is 1.90 bits per heavy atom. The van der Waals surface area contributed by atoms with Crippen molar-refractivity contribution in [3.8, 4) is 48.4 Å². The summed E-state index contributed by atoms with van der Waals surface area (Å²) in [7, 11) is 0. The number of pyridine rings is 2. The zero-order valence-corrected chi connectivity index (χ0v) is 10.5. The van der Waals surface area contributed by atoms with E-state index in [1.807, 2.05) is 0 Å². The Kier molecular flexibility index (Phi) is 4.20. The molecule has 2 aromatic heterocycles. The molecule has 0 N–H and O–H groups in total. The molecule has 0 unspecified atom stereocenters. The van der Waals surface area contributed by atoms with E-state index in [9.17, 15) is 0 Å². The van der Waals surface area contributed by atoms with Crippen LogP contribution in [0.25, 0.3) is 0 Å². The highest BCUT2D eigenvalue weighted by atomic mass is 14.6. The maximum Gasteiger partial charge on any atom is 0.0595 e. The molecule has 0 radical (unpaired) electrons. The lowest BCUT2D eigenvalue weighted by molar-refractivity contribution is 1.30. The molecule has 0 amide bonds. The summed E-state index contributed by atoms with van der Waals surface area (Å²) in [6.45, 7) is 0. The van der Waals surface area contributed by atoms with Gasteiger partial charge in [0.05, 0.1) is 11.1 Å². The van der Waals surface area contributed by atoms with Gasteiger partial charge in [-0.25, -0.2) is 0 Å². The molecule has 0 atom stereocenters. The lowest BCUT2D eigenvalue weighted by Crippen LogP contribution is -1.84. The standard InChI is InChI=1S/C18H8N2/c1-3-15-9-11-20-14-18(15)8-6-5-7-17-10-12-19-13-16(17)4-2/h1-2,9-14H. The first kappa shape index (κ1) is 13.0. The predicted molar refractivity (Wildman–Crippen MR) is 78.1 cm³/mol. The minimum atomic E-state index is 0.646. The number of terminal acetylenes is 2. The van der Waals surface area contributed by atoms with E-state index >= 15 is 0 Å². The van der Waals surface area contributed by atoms with Crippen LogP contribution in [0, 0.1) is 48.4 Å². The summed E-state index contributed by atoms with van der Waals surface area (Å²) in [4.78, 5) is 7.91. The van der Waals surface area contributed by atoms with Gasteiger partial charge in [0.15, 0.2) is 0 Å². The second-order valence-electron chi connectivity index (χ2n) is 3.63. The van der Waals surface area contributed by atoms with Crippen LogP contribution in [0.5, 0.6) is 0 Å². The van der Waals surface area contributed by atoms with Crippen molar-refractivity contribution in [3.63, 3.8) is 0 Å². The van der Waals surface area contributed by atoms with Crippen LogP contribution in [0.15, 0.2) is 36.9 Å². The largest absolute Gasteiger partial charge is 0.263 e. The molecule has 0 saturated carbocycles. The average Bonchev–Trinajstić information content (AvgIpc) is 2.52. The van der Waals surface area contributed by atoms with Gasteiger partial charge in [0.1, 0.15) is 0 Å². The van der Waals surface area contributed by atoms with Gasteiger partial charge >= 0.3 is 0 Å². The monoisotopic (exact) mass is 252 g/mol. The summed E-state index contributed by atoms with van der Waals surface area (Å²) >= 11 is 0. The molecule has 2 heterocycles. The molecular weight excluding hydrogens is 244 g/mol. The topological polar surface area (TPSA) is 25.8 Å². The lowest BCUT2D eigenvalue weighted by Gasteiger charge is -1.92. The van der Waals surface area contributed by atoms with Crippen LogP contribution in [0.2, 0.25) is 0 Å². The van der Waals surface area contributed by atoms with Gasteiger partial charge in [-0.2, -0.15) is 0 Å². The fourth-order valence-electron chi connectivity index (χ4n) is 1.44. The number of aromatic nitrogens is 2. The number of rotatable bonds is 0. The van der Waals surface area contributed by atoms with Crippen molar-refractivity contribution in [3.05, 3.63) is 59.2 Å². The zero-order valence-electron chi connectivity index (χ0n) is 10.5. The van der Waals surface area contributed by atoms with E-state index in [0.29, 0.717) is 16.7 Å². The molecule has 2 nitrogen and oxygen atoms in total. The highest BCUT2D eigenvalue weighted by molar-refractivity contribution is 5.53. The summed E-state index contributed by atoms with van der Waals surface area (Å²) in [5.74, 6) is 16.3. The SMILES string of the molecule is C#Cc1ccncc1C#CC#Cc1ccncc1C#C. The first-order chi connectivity index (χ1) is 9.85. The number of hydrogen-bond acceptors (Lipinski definition) is 2. The van der Waals surface area contributed by atoms with Gasteiger partial charge in [-0.3, -0.25) is 9.97 Å². The summed E-state index contributed by atoms with van der Waals surface area (Å²) < 4.78 is 0. The second-order valence-corrected chi connectivity index (χ2v) is 3.63. The highest BCUT2D eigenvalue weighted by Gasteiger charge is 1.94. The smallest absolute Gasteiger partial charge is 0.0595 e. The average molecular weight is 252 g/mol. The normalized spacial score (nSPS) is 8.10.